The molecule has 0 radical (unpaired) electrons. The van der Waals surface area contributed by atoms with E-state index in [1.54, 1.807) is 36.4 Å². The lowest BCUT2D eigenvalue weighted by atomic mass is 9.97. The first-order chi connectivity index (χ1) is 26.5. The zero-order chi connectivity index (χ0) is 37.3. The predicted octanol–water partition coefficient (Wildman–Crippen LogP) is 12.1. The van der Waals surface area contributed by atoms with Gasteiger partial charge in [0.1, 0.15) is 11.5 Å². The number of para-hydroxylation sites is 2. The summed E-state index contributed by atoms with van der Waals surface area (Å²) in [6.07, 6.45) is 7.59. The third-order valence-corrected chi connectivity index (χ3v) is 8.92. The molecule has 0 saturated heterocycles. The molecule has 7 aromatic rings. The van der Waals surface area contributed by atoms with Crippen molar-refractivity contribution in [1.82, 2.24) is 0 Å². The molecule has 0 fully saturated rings. The molecule has 7 aromatic carbocycles. The molecule has 0 unspecified atom stereocenters. The average molecular weight is 699 g/mol. The fourth-order valence-corrected chi connectivity index (χ4v) is 6.20. The summed E-state index contributed by atoms with van der Waals surface area (Å²) in [7, 11) is 0. The summed E-state index contributed by atoms with van der Waals surface area (Å²) in [5.41, 5.74) is 9.81. The highest BCUT2D eigenvalue weighted by Gasteiger charge is 2.14. The van der Waals surface area contributed by atoms with Crippen LogP contribution >= 0.6 is 0 Å². The predicted molar refractivity (Wildman–Crippen MR) is 219 cm³/mol. The molecule has 0 amide bonds. The van der Waals surface area contributed by atoms with Crippen LogP contribution in [0.2, 0.25) is 0 Å². The highest BCUT2D eigenvalue weighted by molar-refractivity contribution is 5.82. The number of hydrogen-bond donors (Lipinski definition) is 2. The number of phenols is 2. The second-order valence-corrected chi connectivity index (χ2v) is 12.5. The third-order valence-electron chi connectivity index (χ3n) is 8.92. The van der Waals surface area contributed by atoms with E-state index in [9.17, 15) is 20.7 Å². The van der Waals surface area contributed by atoms with Crippen molar-refractivity contribution in [3.8, 4) is 23.6 Å². The number of aromatic hydroxyl groups is 2. The molecule has 0 saturated carbocycles. The molecule has 54 heavy (non-hydrogen) atoms. The Morgan fingerprint density at radius 2 is 0.667 bits per heavy atom. The third kappa shape index (κ3) is 7.90. The smallest absolute Gasteiger partial charge is 0.115 e. The summed E-state index contributed by atoms with van der Waals surface area (Å²) in [5.74, 6) is 0.411. The van der Waals surface area contributed by atoms with Crippen LogP contribution < -0.4 is 9.80 Å². The van der Waals surface area contributed by atoms with Gasteiger partial charge in [-0.2, -0.15) is 10.5 Å². The van der Waals surface area contributed by atoms with Gasteiger partial charge in [0.2, 0.25) is 0 Å². The lowest BCUT2D eigenvalue weighted by Gasteiger charge is -2.25. The largest absolute Gasteiger partial charge is 0.508 e. The van der Waals surface area contributed by atoms with E-state index in [4.69, 9.17) is 0 Å². The second kappa shape index (κ2) is 16.0. The zero-order valence-electron chi connectivity index (χ0n) is 29.2. The van der Waals surface area contributed by atoms with Crippen molar-refractivity contribution in [3.63, 3.8) is 0 Å². The molecule has 0 aromatic heterocycles. The SMILES string of the molecule is N#Cc1cc(C=Cc2ccc(N(c3ccccc3)c3ccc(O)cc3)cc2)c(C#N)cc1C=Cc1ccc(N(c2ccccc2)c2ccc(O)cc2)cc1. The summed E-state index contributed by atoms with van der Waals surface area (Å²) in [4.78, 5) is 4.22. The molecule has 6 nitrogen and oxygen atoms in total. The van der Waals surface area contributed by atoms with Gasteiger partial charge in [0, 0.05) is 34.1 Å². The van der Waals surface area contributed by atoms with E-state index < -0.39 is 0 Å². The van der Waals surface area contributed by atoms with Gasteiger partial charge >= 0.3 is 0 Å². The molecule has 0 spiro atoms. The van der Waals surface area contributed by atoms with Gasteiger partial charge in [-0.1, -0.05) is 85.0 Å². The molecule has 0 bridgehead atoms. The maximum absolute atomic E-state index is 10.1. The highest BCUT2D eigenvalue weighted by atomic mass is 16.3. The molecule has 0 aliphatic heterocycles. The summed E-state index contributed by atoms with van der Waals surface area (Å²) >= 11 is 0. The number of anilines is 6. The van der Waals surface area contributed by atoms with Crippen LogP contribution in [-0.2, 0) is 0 Å². The monoisotopic (exact) mass is 698 g/mol. The minimum Gasteiger partial charge on any atom is -0.508 e. The molecule has 6 heteroatoms. The van der Waals surface area contributed by atoms with Gasteiger partial charge < -0.3 is 20.0 Å². The molecule has 258 valence electrons. The Morgan fingerprint density at radius 1 is 0.370 bits per heavy atom. The lowest BCUT2D eigenvalue weighted by molar-refractivity contribution is 0.475. The topological polar surface area (TPSA) is 94.5 Å². The molecule has 0 aliphatic rings. The zero-order valence-corrected chi connectivity index (χ0v) is 29.2. The van der Waals surface area contributed by atoms with Gasteiger partial charge in [-0.15, -0.1) is 0 Å². The van der Waals surface area contributed by atoms with Crippen LogP contribution in [0.1, 0.15) is 33.4 Å². The van der Waals surface area contributed by atoms with Crippen LogP contribution in [0.15, 0.2) is 170 Å². The number of hydrogen-bond acceptors (Lipinski definition) is 6. The molecule has 0 heterocycles. The number of phenolic OH excluding ortho intramolecular Hbond substituents is 2. The van der Waals surface area contributed by atoms with Crippen molar-refractivity contribution in [2.24, 2.45) is 0 Å². The second-order valence-electron chi connectivity index (χ2n) is 12.5. The Morgan fingerprint density at radius 3 is 0.981 bits per heavy atom. The van der Waals surface area contributed by atoms with Crippen molar-refractivity contribution >= 4 is 58.4 Å². The molecule has 0 aliphatic carbocycles. The molecular weight excluding hydrogens is 665 g/mol. The van der Waals surface area contributed by atoms with E-state index in [-0.39, 0.29) is 11.5 Å². The van der Waals surface area contributed by atoms with Crippen LogP contribution in [0.5, 0.6) is 11.5 Å². The van der Waals surface area contributed by atoms with Crippen molar-refractivity contribution in [2.45, 2.75) is 0 Å². The van der Waals surface area contributed by atoms with Crippen molar-refractivity contribution in [3.05, 3.63) is 203 Å². The Bertz CT molecular complexity index is 2320. The maximum Gasteiger partial charge on any atom is 0.115 e. The fourth-order valence-electron chi connectivity index (χ4n) is 6.20. The van der Waals surface area contributed by atoms with Crippen LogP contribution in [-0.4, -0.2) is 10.2 Å². The Balaban J connectivity index is 1.10. The quantitative estimate of drug-likeness (QED) is 0.138. The van der Waals surface area contributed by atoms with Crippen LogP contribution in [0.25, 0.3) is 24.3 Å². The van der Waals surface area contributed by atoms with Crippen molar-refractivity contribution in [1.29, 1.82) is 10.5 Å². The Kier molecular flexibility index (Phi) is 10.3. The summed E-state index contributed by atoms with van der Waals surface area (Å²) in [6, 6.07) is 58.5. The van der Waals surface area contributed by atoms with E-state index in [1.807, 2.05) is 158 Å². The molecule has 2 N–H and O–H groups in total. The van der Waals surface area contributed by atoms with Crippen LogP contribution in [0.3, 0.4) is 0 Å². The summed E-state index contributed by atoms with van der Waals surface area (Å²) in [6.45, 7) is 0. The van der Waals surface area contributed by atoms with Gasteiger partial charge in [-0.25, -0.2) is 0 Å². The van der Waals surface area contributed by atoms with Crippen LogP contribution in [0.4, 0.5) is 34.1 Å². The van der Waals surface area contributed by atoms with Crippen molar-refractivity contribution in [2.75, 3.05) is 9.80 Å². The fraction of sp³-hybridized carbons (Fsp3) is 0. The van der Waals surface area contributed by atoms with Gasteiger partial charge in [-0.3, -0.25) is 0 Å². The number of benzene rings is 7. The average Bonchev–Trinajstić information content (AvgIpc) is 3.22. The van der Waals surface area contributed by atoms with Crippen molar-refractivity contribution < 1.29 is 10.2 Å². The minimum atomic E-state index is 0.206. The van der Waals surface area contributed by atoms with Crippen LogP contribution in [0, 0.1) is 22.7 Å². The van der Waals surface area contributed by atoms with E-state index in [0.29, 0.717) is 22.3 Å². The summed E-state index contributed by atoms with van der Waals surface area (Å²) < 4.78 is 0. The molecule has 7 rings (SSSR count). The van der Waals surface area contributed by atoms with Gasteiger partial charge in [0.25, 0.3) is 0 Å². The summed E-state index contributed by atoms with van der Waals surface area (Å²) in [5, 5.41) is 39.8. The molecular formula is C48H34N4O2. The van der Waals surface area contributed by atoms with Gasteiger partial charge in [0.15, 0.2) is 0 Å². The maximum atomic E-state index is 10.1. The Labute approximate surface area is 314 Å². The highest BCUT2D eigenvalue weighted by Crippen LogP contribution is 2.37. The number of rotatable bonds is 10. The Hall–Kier alpha value is -7.80. The normalized spacial score (nSPS) is 10.9. The first kappa shape index (κ1) is 34.6. The first-order valence-electron chi connectivity index (χ1n) is 17.3. The van der Waals surface area contributed by atoms with E-state index >= 15 is 0 Å². The minimum absolute atomic E-state index is 0.206. The number of nitriles is 2. The number of nitrogens with zero attached hydrogens (tertiary/aromatic N) is 4. The van der Waals surface area contributed by atoms with E-state index in [1.165, 1.54) is 0 Å². The first-order valence-corrected chi connectivity index (χ1v) is 17.3. The lowest BCUT2D eigenvalue weighted by Crippen LogP contribution is -2.09. The van der Waals surface area contributed by atoms with E-state index in [2.05, 4.69) is 21.9 Å². The standard InChI is InChI=1S/C48H34N4O2/c49-33-39-32-38(18-12-36-15-21-44(22-16-36)52(42-9-5-2-6-10-42)46-25-29-48(54)30-26-46)40(34-50)31-37(39)17-11-35-13-19-43(20-14-35)51(41-7-3-1-4-8-41)45-23-27-47(53)28-24-45/h1-32,53-54H. The van der Waals surface area contributed by atoms with Gasteiger partial charge in [-0.05, 0) is 131 Å². The molecule has 0 atom stereocenters. The van der Waals surface area contributed by atoms with E-state index in [0.717, 1.165) is 45.3 Å². The van der Waals surface area contributed by atoms with Gasteiger partial charge in [0.05, 0.1) is 23.3 Å².